The second-order valence-corrected chi connectivity index (χ2v) is 2.86. The summed E-state index contributed by atoms with van der Waals surface area (Å²) < 4.78 is 15.7. The Labute approximate surface area is 82.9 Å². The molecule has 1 aliphatic heterocycles. The number of hydrogen-bond acceptors (Lipinski definition) is 3. The van der Waals surface area contributed by atoms with Crippen LogP contribution in [0.1, 0.15) is 5.56 Å². The SMILES string of the molecule is COc1cc2c(cc1OC)OCC=[C]2. The first kappa shape index (κ1) is 8.94. The van der Waals surface area contributed by atoms with Crippen LogP contribution in [0.4, 0.5) is 0 Å². The van der Waals surface area contributed by atoms with Gasteiger partial charge in [0.1, 0.15) is 12.4 Å². The van der Waals surface area contributed by atoms with E-state index in [0.717, 1.165) is 11.3 Å². The van der Waals surface area contributed by atoms with Crippen LogP contribution in [0.25, 0.3) is 0 Å². The van der Waals surface area contributed by atoms with E-state index in [0.29, 0.717) is 18.1 Å². The molecule has 0 atom stereocenters. The van der Waals surface area contributed by atoms with Crippen LogP contribution in [-0.4, -0.2) is 20.8 Å². The molecule has 1 radical (unpaired) electrons. The van der Waals surface area contributed by atoms with Gasteiger partial charge in [-0.15, -0.1) is 0 Å². The van der Waals surface area contributed by atoms with E-state index in [4.69, 9.17) is 14.2 Å². The van der Waals surface area contributed by atoms with Crippen LogP contribution in [0.3, 0.4) is 0 Å². The molecule has 1 aliphatic rings. The summed E-state index contributed by atoms with van der Waals surface area (Å²) in [5.41, 5.74) is 0.897. The Kier molecular flexibility index (Phi) is 2.31. The van der Waals surface area contributed by atoms with Crippen LogP contribution in [0.15, 0.2) is 18.2 Å². The molecular formula is C11H11O3. The molecule has 0 N–H and O–H groups in total. The van der Waals surface area contributed by atoms with E-state index in [1.54, 1.807) is 14.2 Å². The molecule has 2 rings (SSSR count). The molecule has 0 aromatic heterocycles. The number of methoxy groups -OCH3 is 2. The minimum Gasteiger partial charge on any atom is -0.493 e. The number of hydrogen-bond donors (Lipinski definition) is 0. The maximum absolute atomic E-state index is 5.41. The smallest absolute Gasteiger partial charge is 0.164 e. The van der Waals surface area contributed by atoms with E-state index in [2.05, 4.69) is 6.08 Å². The number of rotatable bonds is 2. The third kappa shape index (κ3) is 1.41. The van der Waals surface area contributed by atoms with E-state index in [1.165, 1.54) is 0 Å². The highest BCUT2D eigenvalue weighted by Crippen LogP contribution is 2.35. The van der Waals surface area contributed by atoms with Crippen molar-refractivity contribution in [1.82, 2.24) is 0 Å². The second kappa shape index (κ2) is 3.62. The first-order chi connectivity index (χ1) is 6.85. The van der Waals surface area contributed by atoms with Gasteiger partial charge in [0, 0.05) is 11.6 Å². The van der Waals surface area contributed by atoms with Crippen molar-refractivity contribution in [3.05, 3.63) is 29.8 Å². The normalized spacial score (nSPS) is 13.0. The molecule has 14 heavy (non-hydrogen) atoms. The van der Waals surface area contributed by atoms with Crippen molar-refractivity contribution in [3.8, 4) is 17.2 Å². The van der Waals surface area contributed by atoms with Crippen molar-refractivity contribution in [2.75, 3.05) is 20.8 Å². The zero-order chi connectivity index (χ0) is 9.97. The van der Waals surface area contributed by atoms with Crippen LogP contribution in [0.5, 0.6) is 17.2 Å². The molecule has 73 valence electrons. The minimum atomic E-state index is 0.558. The monoisotopic (exact) mass is 191 g/mol. The lowest BCUT2D eigenvalue weighted by molar-refractivity contribution is 0.334. The molecule has 0 saturated carbocycles. The van der Waals surface area contributed by atoms with Gasteiger partial charge in [-0.2, -0.15) is 0 Å². The van der Waals surface area contributed by atoms with Gasteiger partial charge in [-0.3, -0.25) is 0 Å². The Hall–Kier alpha value is -1.64. The summed E-state index contributed by atoms with van der Waals surface area (Å²) in [6.07, 6.45) is 4.94. The highest BCUT2D eigenvalue weighted by Gasteiger charge is 2.12. The van der Waals surface area contributed by atoms with Gasteiger partial charge in [0.2, 0.25) is 0 Å². The molecule has 3 heteroatoms. The lowest BCUT2D eigenvalue weighted by atomic mass is 10.1. The van der Waals surface area contributed by atoms with Crippen LogP contribution in [-0.2, 0) is 0 Å². The van der Waals surface area contributed by atoms with Gasteiger partial charge in [0.05, 0.1) is 14.2 Å². The van der Waals surface area contributed by atoms with Crippen LogP contribution in [0, 0.1) is 6.08 Å². The number of fused-ring (bicyclic) bond motifs is 1. The fourth-order valence-electron chi connectivity index (χ4n) is 1.38. The van der Waals surface area contributed by atoms with E-state index in [9.17, 15) is 0 Å². The summed E-state index contributed by atoms with van der Waals surface area (Å²) in [7, 11) is 3.21. The maximum atomic E-state index is 5.41. The molecule has 0 spiro atoms. The molecule has 0 bridgehead atoms. The topological polar surface area (TPSA) is 27.7 Å². The molecule has 3 nitrogen and oxygen atoms in total. The summed E-state index contributed by atoms with van der Waals surface area (Å²) in [4.78, 5) is 0. The predicted octanol–water partition coefficient (Wildman–Crippen LogP) is 1.80. The fourth-order valence-corrected chi connectivity index (χ4v) is 1.38. The standard InChI is InChI=1S/C11H11O3/c1-12-10-6-8-4-3-5-14-9(8)7-11(10)13-2/h3,6-7H,5H2,1-2H3. The Morgan fingerprint density at radius 3 is 2.64 bits per heavy atom. The van der Waals surface area contributed by atoms with Crippen molar-refractivity contribution in [3.63, 3.8) is 0 Å². The van der Waals surface area contributed by atoms with Gasteiger partial charge in [-0.25, -0.2) is 0 Å². The summed E-state index contributed by atoms with van der Waals surface area (Å²) in [5, 5.41) is 0. The Morgan fingerprint density at radius 2 is 1.93 bits per heavy atom. The lowest BCUT2D eigenvalue weighted by Crippen LogP contribution is -2.02. The van der Waals surface area contributed by atoms with Gasteiger partial charge < -0.3 is 14.2 Å². The first-order valence-corrected chi connectivity index (χ1v) is 4.32. The molecule has 0 saturated heterocycles. The van der Waals surface area contributed by atoms with Crippen LogP contribution >= 0.6 is 0 Å². The zero-order valence-corrected chi connectivity index (χ0v) is 8.16. The number of benzene rings is 1. The van der Waals surface area contributed by atoms with Crippen molar-refractivity contribution < 1.29 is 14.2 Å². The third-order valence-electron chi connectivity index (χ3n) is 2.07. The average molecular weight is 191 g/mol. The Bertz CT molecular complexity index is 369. The Morgan fingerprint density at radius 1 is 1.21 bits per heavy atom. The van der Waals surface area contributed by atoms with E-state index in [-0.39, 0.29) is 0 Å². The highest BCUT2D eigenvalue weighted by atomic mass is 16.5. The molecule has 1 aromatic carbocycles. The maximum Gasteiger partial charge on any atom is 0.164 e. The highest BCUT2D eigenvalue weighted by molar-refractivity contribution is 5.53. The van der Waals surface area contributed by atoms with E-state index in [1.807, 2.05) is 18.2 Å². The van der Waals surface area contributed by atoms with Crippen molar-refractivity contribution in [1.29, 1.82) is 0 Å². The summed E-state index contributed by atoms with van der Waals surface area (Å²) in [6, 6.07) is 3.66. The van der Waals surface area contributed by atoms with E-state index >= 15 is 0 Å². The van der Waals surface area contributed by atoms with Crippen molar-refractivity contribution in [2.24, 2.45) is 0 Å². The van der Waals surface area contributed by atoms with Gasteiger partial charge in [0.15, 0.2) is 11.5 Å². The Balaban J connectivity index is 2.50. The second-order valence-electron chi connectivity index (χ2n) is 2.86. The molecule has 0 aliphatic carbocycles. The summed E-state index contributed by atoms with van der Waals surface area (Å²) in [5.74, 6) is 2.15. The first-order valence-electron chi connectivity index (χ1n) is 4.32. The molecule has 0 unspecified atom stereocenters. The van der Waals surface area contributed by atoms with Gasteiger partial charge >= 0.3 is 0 Å². The quantitative estimate of drug-likeness (QED) is 0.713. The fraction of sp³-hybridized carbons (Fsp3) is 0.273. The zero-order valence-electron chi connectivity index (χ0n) is 8.16. The van der Waals surface area contributed by atoms with Gasteiger partial charge in [-0.1, -0.05) is 0 Å². The van der Waals surface area contributed by atoms with Gasteiger partial charge in [-0.05, 0) is 18.2 Å². The predicted molar refractivity (Wildman–Crippen MR) is 52.0 cm³/mol. The van der Waals surface area contributed by atoms with Crippen LogP contribution < -0.4 is 14.2 Å². The lowest BCUT2D eigenvalue weighted by Gasteiger charge is -2.15. The molecule has 0 fully saturated rings. The average Bonchev–Trinajstić information content (AvgIpc) is 2.27. The largest absolute Gasteiger partial charge is 0.493 e. The van der Waals surface area contributed by atoms with Gasteiger partial charge in [0.25, 0.3) is 0 Å². The van der Waals surface area contributed by atoms with E-state index < -0.39 is 0 Å². The van der Waals surface area contributed by atoms with Crippen molar-refractivity contribution >= 4 is 0 Å². The van der Waals surface area contributed by atoms with Crippen LogP contribution in [0.2, 0.25) is 0 Å². The number of ether oxygens (including phenoxy) is 3. The molecule has 1 heterocycles. The van der Waals surface area contributed by atoms with Crippen molar-refractivity contribution in [2.45, 2.75) is 0 Å². The minimum absolute atomic E-state index is 0.558. The molecular weight excluding hydrogens is 180 g/mol. The molecule has 0 amide bonds. The summed E-state index contributed by atoms with van der Waals surface area (Å²) in [6.45, 7) is 0.558. The summed E-state index contributed by atoms with van der Waals surface area (Å²) >= 11 is 0. The third-order valence-corrected chi connectivity index (χ3v) is 2.07. The molecule has 1 aromatic rings.